The number of thioether (sulfide) groups is 1. The minimum absolute atomic E-state index is 0.716. The van der Waals surface area contributed by atoms with Gasteiger partial charge in [-0.3, -0.25) is 0 Å². The van der Waals surface area contributed by atoms with Crippen LogP contribution in [0, 0.1) is 0 Å². The standard InChI is InChI=1S/C16H14ClNS2/c1-18-16(20-14-5-3-2-4-6-14)11-15(19)12-7-9-13(17)10-8-12/h2-11,18H,1H3/b16-11+. The maximum atomic E-state index is 5.88. The summed E-state index contributed by atoms with van der Waals surface area (Å²) in [6, 6.07) is 17.7. The summed E-state index contributed by atoms with van der Waals surface area (Å²) in [6.45, 7) is 0. The molecule has 20 heavy (non-hydrogen) atoms. The van der Waals surface area contributed by atoms with Crippen molar-refractivity contribution in [3.8, 4) is 0 Å². The first-order valence-corrected chi connectivity index (χ1v) is 7.71. The Hall–Kier alpha value is -1.29. The highest BCUT2D eigenvalue weighted by molar-refractivity contribution is 8.03. The van der Waals surface area contributed by atoms with Gasteiger partial charge >= 0.3 is 0 Å². The molecule has 0 aliphatic heterocycles. The van der Waals surface area contributed by atoms with Crippen molar-refractivity contribution in [1.29, 1.82) is 0 Å². The number of allylic oxidation sites excluding steroid dienone is 1. The molecule has 0 atom stereocenters. The van der Waals surface area contributed by atoms with E-state index in [1.807, 2.05) is 55.6 Å². The Bertz CT molecular complexity index is 606. The Kier molecular flexibility index (Phi) is 5.65. The molecule has 4 heteroatoms. The van der Waals surface area contributed by atoms with Crippen LogP contribution < -0.4 is 5.32 Å². The van der Waals surface area contributed by atoms with Gasteiger partial charge in [-0.1, -0.05) is 65.9 Å². The normalized spacial score (nSPS) is 11.2. The third-order valence-corrected chi connectivity index (χ3v) is 4.26. The van der Waals surface area contributed by atoms with E-state index in [-0.39, 0.29) is 0 Å². The van der Waals surface area contributed by atoms with Crippen molar-refractivity contribution >= 4 is 40.4 Å². The van der Waals surface area contributed by atoms with Crippen molar-refractivity contribution in [1.82, 2.24) is 5.32 Å². The van der Waals surface area contributed by atoms with E-state index >= 15 is 0 Å². The van der Waals surface area contributed by atoms with Crippen molar-refractivity contribution in [2.75, 3.05) is 7.05 Å². The van der Waals surface area contributed by atoms with Gasteiger partial charge in [0.25, 0.3) is 0 Å². The largest absolute Gasteiger partial charge is 0.383 e. The summed E-state index contributed by atoms with van der Waals surface area (Å²) in [4.78, 5) is 1.96. The highest BCUT2D eigenvalue weighted by atomic mass is 35.5. The molecule has 2 rings (SSSR count). The van der Waals surface area contributed by atoms with E-state index < -0.39 is 0 Å². The van der Waals surface area contributed by atoms with Gasteiger partial charge in [0.05, 0.1) is 5.03 Å². The fourth-order valence-electron chi connectivity index (χ4n) is 1.58. The molecular weight excluding hydrogens is 306 g/mol. The molecule has 102 valence electrons. The number of rotatable bonds is 5. The molecule has 0 unspecified atom stereocenters. The van der Waals surface area contributed by atoms with E-state index in [9.17, 15) is 0 Å². The van der Waals surface area contributed by atoms with Crippen LogP contribution in [0.2, 0.25) is 5.02 Å². The first-order chi connectivity index (χ1) is 9.69. The van der Waals surface area contributed by atoms with Crippen LogP contribution >= 0.6 is 35.6 Å². The van der Waals surface area contributed by atoms with Gasteiger partial charge in [0, 0.05) is 21.8 Å². The van der Waals surface area contributed by atoms with Gasteiger partial charge in [-0.15, -0.1) is 0 Å². The van der Waals surface area contributed by atoms with Gasteiger partial charge < -0.3 is 5.32 Å². The molecule has 0 aliphatic carbocycles. The van der Waals surface area contributed by atoms with Crippen LogP contribution in [0.15, 0.2) is 70.6 Å². The lowest BCUT2D eigenvalue weighted by atomic mass is 10.1. The summed E-state index contributed by atoms with van der Waals surface area (Å²) >= 11 is 13.0. The summed E-state index contributed by atoms with van der Waals surface area (Å²) in [5.41, 5.74) is 0.991. The van der Waals surface area contributed by atoms with Crippen molar-refractivity contribution in [2.45, 2.75) is 4.90 Å². The molecule has 0 spiro atoms. The summed E-state index contributed by atoms with van der Waals surface area (Å²) in [7, 11) is 1.90. The third kappa shape index (κ3) is 4.37. The fraction of sp³-hybridized carbons (Fsp3) is 0.0625. The van der Waals surface area contributed by atoms with E-state index in [0.29, 0.717) is 5.02 Å². The Balaban J connectivity index is 2.14. The number of hydrogen-bond acceptors (Lipinski definition) is 3. The molecule has 1 nitrogen and oxygen atoms in total. The monoisotopic (exact) mass is 319 g/mol. The molecule has 0 amide bonds. The molecule has 1 N–H and O–H groups in total. The van der Waals surface area contributed by atoms with Crippen molar-refractivity contribution in [3.05, 3.63) is 76.3 Å². The summed E-state index contributed by atoms with van der Waals surface area (Å²) < 4.78 is 0. The van der Waals surface area contributed by atoms with Crippen LogP contribution in [0.25, 0.3) is 0 Å². The quantitative estimate of drug-likeness (QED) is 0.364. The van der Waals surface area contributed by atoms with E-state index in [1.54, 1.807) is 11.8 Å². The average Bonchev–Trinajstić information content (AvgIpc) is 2.48. The zero-order valence-corrected chi connectivity index (χ0v) is 13.4. The van der Waals surface area contributed by atoms with Crippen LogP contribution in [-0.4, -0.2) is 11.9 Å². The maximum absolute atomic E-state index is 5.88. The predicted molar refractivity (Wildman–Crippen MR) is 92.6 cm³/mol. The number of halogens is 1. The average molecular weight is 320 g/mol. The second-order valence-corrected chi connectivity index (χ2v) is 6.04. The second-order valence-electron chi connectivity index (χ2n) is 4.04. The van der Waals surface area contributed by atoms with Crippen LogP contribution in [0.5, 0.6) is 0 Å². The Morgan fingerprint density at radius 1 is 1.10 bits per heavy atom. The van der Waals surface area contributed by atoms with Gasteiger partial charge in [-0.05, 0) is 35.9 Å². The van der Waals surface area contributed by atoms with E-state index in [1.165, 1.54) is 4.90 Å². The van der Waals surface area contributed by atoms with Crippen LogP contribution in [0.1, 0.15) is 5.56 Å². The highest BCUT2D eigenvalue weighted by Gasteiger charge is 2.03. The number of hydrogen-bond donors (Lipinski definition) is 1. The first-order valence-electron chi connectivity index (χ1n) is 6.11. The first kappa shape index (κ1) is 15.1. The lowest BCUT2D eigenvalue weighted by Crippen LogP contribution is -2.05. The second kappa shape index (κ2) is 7.48. The van der Waals surface area contributed by atoms with E-state index in [2.05, 4.69) is 17.4 Å². The summed E-state index contributed by atoms with van der Waals surface area (Å²) in [5, 5.41) is 4.90. The molecule has 0 aromatic heterocycles. The number of thiocarbonyl (C=S) groups is 1. The molecule has 2 aromatic carbocycles. The van der Waals surface area contributed by atoms with Gasteiger partial charge in [0.1, 0.15) is 0 Å². The number of benzene rings is 2. The van der Waals surface area contributed by atoms with Gasteiger partial charge in [0.15, 0.2) is 0 Å². The molecule has 2 aromatic rings. The van der Waals surface area contributed by atoms with Crippen LogP contribution in [-0.2, 0) is 0 Å². The van der Waals surface area contributed by atoms with Gasteiger partial charge in [-0.25, -0.2) is 0 Å². The van der Waals surface area contributed by atoms with Crippen LogP contribution in [0.4, 0.5) is 0 Å². The molecule has 0 saturated carbocycles. The lowest BCUT2D eigenvalue weighted by Gasteiger charge is -2.07. The summed E-state index contributed by atoms with van der Waals surface area (Å²) in [6.07, 6.45) is 1.97. The molecule has 0 fully saturated rings. The Labute approximate surface area is 134 Å². The Morgan fingerprint density at radius 3 is 2.35 bits per heavy atom. The van der Waals surface area contributed by atoms with Gasteiger partial charge in [-0.2, -0.15) is 0 Å². The molecule has 0 aliphatic rings. The molecule has 0 bridgehead atoms. The summed E-state index contributed by atoms with van der Waals surface area (Å²) in [5.74, 6) is 0. The minimum atomic E-state index is 0.716. The lowest BCUT2D eigenvalue weighted by molar-refractivity contribution is 1.08. The fourth-order valence-corrected chi connectivity index (χ4v) is 2.87. The van der Waals surface area contributed by atoms with E-state index in [4.69, 9.17) is 23.8 Å². The van der Waals surface area contributed by atoms with E-state index in [0.717, 1.165) is 15.5 Å². The zero-order chi connectivity index (χ0) is 14.4. The molecular formula is C16H14ClNS2. The maximum Gasteiger partial charge on any atom is 0.0741 e. The van der Waals surface area contributed by atoms with Crippen LogP contribution in [0.3, 0.4) is 0 Å². The predicted octanol–water partition coefficient (Wildman–Crippen LogP) is 4.91. The smallest absolute Gasteiger partial charge is 0.0741 e. The number of nitrogens with one attached hydrogen (secondary N) is 1. The topological polar surface area (TPSA) is 12.0 Å². The SMILES string of the molecule is CN/C(=C\C(=S)c1ccc(Cl)cc1)Sc1ccccc1. The van der Waals surface area contributed by atoms with Crippen molar-refractivity contribution in [2.24, 2.45) is 0 Å². The molecule has 0 radical (unpaired) electrons. The highest BCUT2D eigenvalue weighted by Crippen LogP contribution is 2.24. The molecule has 0 heterocycles. The zero-order valence-electron chi connectivity index (χ0n) is 11.0. The molecule has 0 saturated heterocycles. The van der Waals surface area contributed by atoms with Crippen molar-refractivity contribution < 1.29 is 0 Å². The van der Waals surface area contributed by atoms with Crippen molar-refractivity contribution in [3.63, 3.8) is 0 Å². The van der Waals surface area contributed by atoms with Gasteiger partial charge in [0.2, 0.25) is 0 Å². The third-order valence-electron chi connectivity index (χ3n) is 2.61. The minimum Gasteiger partial charge on any atom is -0.383 e. The Morgan fingerprint density at radius 2 is 1.75 bits per heavy atom.